The lowest BCUT2D eigenvalue weighted by Crippen LogP contribution is -2.36. The van der Waals surface area contributed by atoms with E-state index in [-0.39, 0.29) is 29.2 Å². The smallest absolute Gasteiger partial charge is 0.230 e. The summed E-state index contributed by atoms with van der Waals surface area (Å²) in [6, 6.07) is 7.42. The van der Waals surface area contributed by atoms with Crippen LogP contribution in [0.3, 0.4) is 0 Å². The molecular weight excluding hydrogens is 360 g/mol. The van der Waals surface area contributed by atoms with Crippen molar-refractivity contribution < 1.29 is 13.2 Å². The van der Waals surface area contributed by atoms with Gasteiger partial charge in [-0.1, -0.05) is 23.9 Å². The molecule has 1 aliphatic rings. The standard InChI is InChI=1S/C16H20N4O3S2/c1-2-17-15-12-5-3-4-6-13(12)19-16(20-15)24-9-14(21)18-11-7-8-25(22,23)10-11/h3-6,11H,2,7-10H2,1H3,(H,18,21)(H,17,19,20). The van der Waals surface area contributed by atoms with Crippen molar-refractivity contribution >= 4 is 44.2 Å². The molecule has 25 heavy (non-hydrogen) atoms. The summed E-state index contributed by atoms with van der Waals surface area (Å²) in [5.74, 6) is 0.873. The van der Waals surface area contributed by atoms with Gasteiger partial charge in [-0.3, -0.25) is 4.79 Å². The highest BCUT2D eigenvalue weighted by Crippen LogP contribution is 2.24. The van der Waals surface area contributed by atoms with Crippen LogP contribution in [-0.4, -0.2) is 54.1 Å². The molecule has 9 heteroatoms. The quantitative estimate of drug-likeness (QED) is 0.578. The Morgan fingerprint density at radius 3 is 2.84 bits per heavy atom. The maximum absolute atomic E-state index is 12.1. The highest BCUT2D eigenvalue weighted by Gasteiger charge is 2.28. The summed E-state index contributed by atoms with van der Waals surface area (Å²) < 4.78 is 22.9. The van der Waals surface area contributed by atoms with Gasteiger partial charge in [-0.25, -0.2) is 18.4 Å². The van der Waals surface area contributed by atoms with E-state index in [0.29, 0.717) is 11.6 Å². The topological polar surface area (TPSA) is 101 Å². The number of nitrogens with one attached hydrogen (secondary N) is 2. The molecule has 2 heterocycles. The van der Waals surface area contributed by atoms with Gasteiger partial charge in [-0.2, -0.15) is 0 Å². The van der Waals surface area contributed by atoms with E-state index in [1.807, 2.05) is 31.2 Å². The minimum absolute atomic E-state index is 0.0282. The molecule has 1 amide bonds. The maximum Gasteiger partial charge on any atom is 0.230 e. The summed E-state index contributed by atoms with van der Waals surface area (Å²) in [5, 5.41) is 7.44. The third-order valence-corrected chi connectivity index (χ3v) is 6.47. The number of anilines is 1. The molecule has 1 aliphatic heterocycles. The molecule has 1 aromatic carbocycles. The Labute approximate surface area is 150 Å². The highest BCUT2D eigenvalue weighted by molar-refractivity contribution is 7.99. The van der Waals surface area contributed by atoms with E-state index >= 15 is 0 Å². The first kappa shape index (κ1) is 17.9. The fraction of sp³-hybridized carbons (Fsp3) is 0.438. The number of carbonyl (C=O) groups excluding carboxylic acids is 1. The van der Waals surface area contributed by atoms with E-state index in [4.69, 9.17) is 0 Å². The third kappa shape index (κ3) is 4.60. The zero-order valence-electron chi connectivity index (χ0n) is 13.9. The van der Waals surface area contributed by atoms with Crippen LogP contribution in [0.2, 0.25) is 0 Å². The molecule has 1 saturated heterocycles. The number of fused-ring (bicyclic) bond motifs is 1. The molecule has 0 saturated carbocycles. The van der Waals surface area contributed by atoms with Crippen LogP contribution in [0.15, 0.2) is 29.4 Å². The van der Waals surface area contributed by atoms with Crippen molar-refractivity contribution in [2.24, 2.45) is 0 Å². The van der Waals surface area contributed by atoms with E-state index in [9.17, 15) is 13.2 Å². The minimum Gasteiger partial charge on any atom is -0.370 e. The molecule has 1 fully saturated rings. The van der Waals surface area contributed by atoms with Crippen molar-refractivity contribution in [1.82, 2.24) is 15.3 Å². The number of sulfone groups is 1. The van der Waals surface area contributed by atoms with E-state index in [2.05, 4.69) is 20.6 Å². The van der Waals surface area contributed by atoms with E-state index in [0.717, 1.165) is 23.3 Å². The van der Waals surface area contributed by atoms with Crippen molar-refractivity contribution in [3.05, 3.63) is 24.3 Å². The number of amides is 1. The molecule has 1 atom stereocenters. The summed E-state index contributed by atoms with van der Waals surface area (Å²) in [6.45, 7) is 2.73. The number of carbonyl (C=O) groups is 1. The van der Waals surface area contributed by atoms with Crippen LogP contribution in [-0.2, 0) is 14.6 Å². The SMILES string of the molecule is CCNc1nc(SCC(=O)NC2CCS(=O)(=O)C2)nc2ccccc12. The third-order valence-electron chi connectivity index (χ3n) is 3.86. The summed E-state index contributed by atoms with van der Waals surface area (Å²) in [5.41, 5.74) is 0.818. The number of para-hydroxylation sites is 1. The Morgan fingerprint density at radius 1 is 1.32 bits per heavy atom. The van der Waals surface area contributed by atoms with Crippen LogP contribution in [0, 0.1) is 0 Å². The van der Waals surface area contributed by atoms with Crippen LogP contribution in [0.4, 0.5) is 5.82 Å². The van der Waals surface area contributed by atoms with Gasteiger partial charge in [0.15, 0.2) is 15.0 Å². The first-order valence-corrected chi connectivity index (χ1v) is 10.9. The number of aromatic nitrogens is 2. The summed E-state index contributed by atoms with van der Waals surface area (Å²) in [7, 11) is -3.00. The first-order valence-electron chi connectivity index (χ1n) is 8.10. The summed E-state index contributed by atoms with van der Waals surface area (Å²) >= 11 is 1.24. The zero-order chi connectivity index (χ0) is 17.9. The number of hydrogen-bond acceptors (Lipinski definition) is 7. The van der Waals surface area contributed by atoms with Gasteiger partial charge in [0.05, 0.1) is 22.8 Å². The molecule has 1 unspecified atom stereocenters. The van der Waals surface area contributed by atoms with Crippen molar-refractivity contribution in [3.8, 4) is 0 Å². The van der Waals surface area contributed by atoms with E-state index < -0.39 is 9.84 Å². The predicted molar refractivity (Wildman–Crippen MR) is 99.6 cm³/mol. The Kier molecular flexibility index (Phi) is 5.43. The Hall–Kier alpha value is -1.87. The molecule has 0 spiro atoms. The van der Waals surface area contributed by atoms with Crippen LogP contribution in [0.25, 0.3) is 10.9 Å². The molecule has 0 aliphatic carbocycles. The maximum atomic E-state index is 12.1. The molecule has 3 rings (SSSR count). The average Bonchev–Trinajstić information content (AvgIpc) is 2.92. The fourth-order valence-corrected chi connectivity index (χ4v) is 5.07. The zero-order valence-corrected chi connectivity index (χ0v) is 15.5. The molecule has 7 nitrogen and oxygen atoms in total. The number of rotatable bonds is 6. The number of hydrogen-bond donors (Lipinski definition) is 2. The summed E-state index contributed by atoms with van der Waals surface area (Å²) in [4.78, 5) is 21.0. The Morgan fingerprint density at radius 2 is 2.12 bits per heavy atom. The Balaban J connectivity index is 1.65. The van der Waals surface area contributed by atoms with Gasteiger partial charge in [0, 0.05) is 18.0 Å². The largest absolute Gasteiger partial charge is 0.370 e. The molecule has 1 aromatic heterocycles. The second-order valence-corrected chi connectivity index (χ2v) is 9.03. The van der Waals surface area contributed by atoms with Crippen molar-refractivity contribution in [3.63, 3.8) is 0 Å². The van der Waals surface area contributed by atoms with Gasteiger partial charge in [0.25, 0.3) is 0 Å². The molecule has 0 bridgehead atoms. The van der Waals surface area contributed by atoms with Gasteiger partial charge in [-0.05, 0) is 25.5 Å². The van der Waals surface area contributed by atoms with Gasteiger partial charge < -0.3 is 10.6 Å². The van der Waals surface area contributed by atoms with Crippen molar-refractivity contribution in [1.29, 1.82) is 0 Å². The van der Waals surface area contributed by atoms with Crippen LogP contribution >= 0.6 is 11.8 Å². The summed E-state index contributed by atoms with van der Waals surface area (Å²) in [6.07, 6.45) is 0.482. The second kappa shape index (κ2) is 7.57. The predicted octanol–water partition coefficient (Wildman–Crippen LogP) is 1.46. The Bertz CT molecular complexity index is 886. The molecular formula is C16H20N4O3S2. The first-order chi connectivity index (χ1) is 12.0. The number of benzene rings is 1. The minimum atomic E-state index is -3.00. The van der Waals surface area contributed by atoms with Crippen molar-refractivity contribution in [2.45, 2.75) is 24.5 Å². The lowest BCUT2D eigenvalue weighted by atomic mass is 10.2. The monoisotopic (exact) mass is 380 g/mol. The second-order valence-electron chi connectivity index (χ2n) is 5.86. The van der Waals surface area contributed by atoms with Crippen LogP contribution < -0.4 is 10.6 Å². The van der Waals surface area contributed by atoms with Crippen LogP contribution in [0.5, 0.6) is 0 Å². The fourth-order valence-electron chi connectivity index (χ4n) is 2.73. The van der Waals surface area contributed by atoms with E-state index in [1.165, 1.54) is 11.8 Å². The molecule has 134 valence electrons. The van der Waals surface area contributed by atoms with Gasteiger partial charge >= 0.3 is 0 Å². The lowest BCUT2D eigenvalue weighted by Gasteiger charge is -2.11. The van der Waals surface area contributed by atoms with Gasteiger partial charge in [-0.15, -0.1) is 0 Å². The van der Waals surface area contributed by atoms with Gasteiger partial charge in [0.1, 0.15) is 5.82 Å². The average molecular weight is 380 g/mol. The molecule has 0 radical (unpaired) electrons. The molecule has 2 N–H and O–H groups in total. The number of thioether (sulfide) groups is 1. The lowest BCUT2D eigenvalue weighted by molar-refractivity contribution is -0.119. The number of nitrogens with zero attached hydrogens (tertiary/aromatic N) is 2. The van der Waals surface area contributed by atoms with Gasteiger partial charge in [0.2, 0.25) is 5.91 Å². The normalized spacial score (nSPS) is 19.0. The molecule has 2 aromatic rings. The van der Waals surface area contributed by atoms with Crippen molar-refractivity contribution in [2.75, 3.05) is 29.1 Å². The van der Waals surface area contributed by atoms with Crippen LogP contribution in [0.1, 0.15) is 13.3 Å². The highest BCUT2D eigenvalue weighted by atomic mass is 32.2. The van der Waals surface area contributed by atoms with E-state index in [1.54, 1.807) is 0 Å².